The molecule has 0 bridgehead atoms. The van der Waals surface area contributed by atoms with Gasteiger partial charge < -0.3 is 15.0 Å². The van der Waals surface area contributed by atoms with Crippen LogP contribution in [0.25, 0.3) is 0 Å². The summed E-state index contributed by atoms with van der Waals surface area (Å²) in [4.78, 5) is 11.4. The van der Waals surface area contributed by atoms with Gasteiger partial charge in [-0.05, 0) is 20.3 Å². The second kappa shape index (κ2) is 7.55. The Labute approximate surface area is 108 Å². The van der Waals surface area contributed by atoms with Crippen LogP contribution in [0.1, 0.15) is 13.3 Å². The molecule has 0 aliphatic heterocycles. The Bertz CT molecular complexity index is 361. The molecule has 104 valence electrons. The number of aliphatic hydroxyl groups excluding tert-OH is 1. The van der Waals surface area contributed by atoms with Crippen molar-refractivity contribution in [1.82, 2.24) is 10.4 Å². The standard InChI is InChI=1S/C11H21N2O4P/c1-5-6-7-13(16)10(14)8-12-9(2)11(15)18(3,4)17/h1,9,11-12,15-16H,6-8H2,2-4H3. The van der Waals surface area contributed by atoms with Crippen LogP contribution in [0.2, 0.25) is 0 Å². The Morgan fingerprint density at radius 1 is 1.56 bits per heavy atom. The monoisotopic (exact) mass is 276 g/mol. The highest BCUT2D eigenvalue weighted by atomic mass is 31.2. The quantitative estimate of drug-likeness (QED) is 0.266. The fourth-order valence-corrected chi connectivity index (χ4v) is 2.46. The molecule has 0 radical (unpaired) electrons. The maximum Gasteiger partial charge on any atom is 0.259 e. The zero-order valence-electron chi connectivity index (χ0n) is 11.0. The van der Waals surface area contributed by atoms with Crippen LogP contribution in [0.15, 0.2) is 0 Å². The van der Waals surface area contributed by atoms with Gasteiger partial charge in [0.1, 0.15) is 13.0 Å². The summed E-state index contributed by atoms with van der Waals surface area (Å²) in [6.07, 6.45) is 5.27. The summed E-state index contributed by atoms with van der Waals surface area (Å²) >= 11 is 0. The molecular weight excluding hydrogens is 255 g/mol. The molecule has 0 rings (SSSR count). The van der Waals surface area contributed by atoms with E-state index in [1.165, 1.54) is 13.3 Å². The maximum atomic E-state index is 11.6. The minimum atomic E-state index is -2.64. The molecular formula is C11H21N2O4P. The molecule has 2 unspecified atom stereocenters. The van der Waals surface area contributed by atoms with Crippen molar-refractivity contribution in [3.05, 3.63) is 0 Å². The van der Waals surface area contributed by atoms with Crippen molar-refractivity contribution < 1.29 is 19.7 Å². The molecule has 0 saturated carbocycles. The summed E-state index contributed by atoms with van der Waals surface area (Å²) < 4.78 is 11.6. The maximum absolute atomic E-state index is 11.6. The van der Waals surface area contributed by atoms with Crippen LogP contribution in [0, 0.1) is 12.3 Å². The lowest BCUT2D eigenvalue weighted by molar-refractivity contribution is -0.164. The third-order valence-corrected chi connectivity index (χ3v) is 4.14. The Kier molecular flexibility index (Phi) is 7.19. The van der Waals surface area contributed by atoms with Crippen LogP contribution in [0.3, 0.4) is 0 Å². The molecule has 0 heterocycles. The number of hydrogen-bond acceptors (Lipinski definition) is 5. The van der Waals surface area contributed by atoms with E-state index >= 15 is 0 Å². The van der Waals surface area contributed by atoms with Gasteiger partial charge in [0.2, 0.25) is 0 Å². The van der Waals surface area contributed by atoms with Crippen LogP contribution >= 0.6 is 7.14 Å². The van der Waals surface area contributed by atoms with Gasteiger partial charge in [-0.25, -0.2) is 5.06 Å². The van der Waals surface area contributed by atoms with Crippen molar-refractivity contribution in [2.45, 2.75) is 25.2 Å². The number of aliphatic hydroxyl groups is 1. The van der Waals surface area contributed by atoms with Gasteiger partial charge in [0.15, 0.2) is 0 Å². The fourth-order valence-electron chi connectivity index (χ4n) is 1.28. The van der Waals surface area contributed by atoms with Crippen LogP contribution in [0.4, 0.5) is 0 Å². The number of nitrogens with zero attached hydrogens (tertiary/aromatic N) is 1. The van der Waals surface area contributed by atoms with E-state index in [-0.39, 0.29) is 19.5 Å². The molecule has 0 fully saturated rings. The predicted molar refractivity (Wildman–Crippen MR) is 69.9 cm³/mol. The molecule has 0 aromatic heterocycles. The van der Waals surface area contributed by atoms with Crippen molar-refractivity contribution in [2.75, 3.05) is 26.4 Å². The summed E-state index contributed by atoms with van der Waals surface area (Å²) in [6, 6.07) is -0.504. The van der Waals surface area contributed by atoms with Gasteiger partial charge in [0, 0.05) is 12.5 Å². The number of hydrogen-bond donors (Lipinski definition) is 3. The second-order valence-corrected chi connectivity index (χ2v) is 7.89. The van der Waals surface area contributed by atoms with Crippen molar-refractivity contribution in [3.8, 4) is 12.3 Å². The summed E-state index contributed by atoms with van der Waals surface area (Å²) in [5.41, 5.74) is 0. The van der Waals surface area contributed by atoms with E-state index in [2.05, 4.69) is 11.2 Å². The molecule has 0 aliphatic rings. The fraction of sp³-hybridized carbons (Fsp3) is 0.727. The zero-order valence-corrected chi connectivity index (χ0v) is 11.9. The number of amides is 1. The van der Waals surface area contributed by atoms with Gasteiger partial charge in [-0.1, -0.05) is 0 Å². The van der Waals surface area contributed by atoms with E-state index in [4.69, 9.17) is 6.42 Å². The smallest absolute Gasteiger partial charge is 0.259 e. The minimum absolute atomic E-state index is 0.0635. The van der Waals surface area contributed by atoms with Crippen LogP contribution in [-0.4, -0.2) is 59.6 Å². The van der Waals surface area contributed by atoms with Crippen molar-refractivity contribution in [3.63, 3.8) is 0 Å². The summed E-state index contributed by atoms with van der Waals surface area (Å²) in [7, 11) is -2.64. The Morgan fingerprint density at radius 3 is 2.56 bits per heavy atom. The van der Waals surface area contributed by atoms with Gasteiger partial charge in [0.05, 0.1) is 13.1 Å². The lowest BCUT2D eigenvalue weighted by atomic mass is 10.3. The Hall–Kier alpha value is -0.860. The first-order chi connectivity index (χ1) is 8.20. The third-order valence-electron chi connectivity index (χ3n) is 2.42. The average molecular weight is 276 g/mol. The zero-order chi connectivity index (χ0) is 14.3. The molecule has 18 heavy (non-hydrogen) atoms. The summed E-state index contributed by atoms with van der Waals surface area (Å²) in [5.74, 6) is 0.731. The number of rotatable bonds is 7. The first kappa shape index (κ1) is 17.1. The number of terminal acetylenes is 1. The lowest BCUT2D eigenvalue weighted by Gasteiger charge is -2.24. The topological polar surface area (TPSA) is 89.9 Å². The highest BCUT2D eigenvalue weighted by molar-refractivity contribution is 7.62. The van der Waals surface area contributed by atoms with Crippen molar-refractivity contribution in [1.29, 1.82) is 0 Å². The molecule has 1 amide bonds. The average Bonchev–Trinajstić information content (AvgIpc) is 2.30. The predicted octanol–water partition coefficient (Wildman–Crippen LogP) is 0.147. The molecule has 0 spiro atoms. The Morgan fingerprint density at radius 2 is 2.11 bits per heavy atom. The number of nitrogens with one attached hydrogen (secondary N) is 1. The normalized spacial score (nSPS) is 14.7. The van der Waals surface area contributed by atoms with E-state index in [1.54, 1.807) is 6.92 Å². The Balaban J connectivity index is 4.14. The molecule has 3 N–H and O–H groups in total. The van der Waals surface area contributed by atoms with Gasteiger partial charge in [-0.2, -0.15) is 0 Å². The SMILES string of the molecule is C#CCCN(O)C(=O)CNC(C)C(O)P(C)(C)=O. The van der Waals surface area contributed by atoms with E-state index < -0.39 is 24.9 Å². The van der Waals surface area contributed by atoms with E-state index in [1.807, 2.05) is 0 Å². The van der Waals surface area contributed by atoms with Gasteiger partial charge in [0.25, 0.3) is 5.91 Å². The highest BCUT2D eigenvalue weighted by Gasteiger charge is 2.26. The van der Waals surface area contributed by atoms with Crippen molar-refractivity contribution >= 4 is 13.0 Å². The molecule has 2 atom stereocenters. The van der Waals surface area contributed by atoms with Gasteiger partial charge >= 0.3 is 0 Å². The largest absolute Gasteiger partial charge is 0.384 e. The summed E-state index contributed by atoms with van der Waals surface area (Å²) in [5, 5.41) is 22.3. The number of hydroxylamine groups is 2. The van der Waals surface area contributed by atoms with Crippen LogP contribution in [-0.2, 0) is 9.36 Å². The number of carbonyl (C=O) groups is 1. The molecule has 7 heteroatoms. The summed E-state index contributed by atoms with van der Waals surface area (Å²) in [6.45, 7) is 4.49. The first-order valence-corrected chi connectivity index (χ1v) is 8.26. The molecule has 0 aromatic rings. The molecule has 6 nitrogen and oxygen atoms in total. The second-order valence-electron chi connectivity index (χ2n) is 4.49. The lowest BCUT2D eigenvalue weighted by Crippen LogP contribution is -2.43. The van der Waals surface area contributed by atoms with E-state index in [0.717, 1.165) is 0 Å². The van der Waals surface area contributed by atoms with Crippen LogP contribution < -0.4 is 5.32 Å². The molecule has 0 aliphatic carbocycles. The first-order valence-electron chi connectivity index (χ1n) is 5.59. The van der Waals surface area contributed by atoms with Gasteiger partial charge in [-0.3, -0.25) is 10.0 Å². The number of carbonyl (C=O) groups excluding carboxylic acids is 1. The van der Waals surface area contributed by atoms with Crippen molar-refractivity contribution in [2.24, 2.45) is 0 Å². The van der Waals surface area contributed by atoms with Crippen LogP contribution in [0.5, 0.6) is 0 Å². The van der Waals surface area contributed by atoms with Gasteiger partial charge in [-0.15, -0.1) is 12.3 Å². The highest BCUT2D eigenvalue weighted by Crippen LogP contribution is 2.42. The third kappa shape index (κ3) is 6.18. The molecule has 0 aromatic carbocycles. The minimum Gasteiger partial charge on any atom is -0.384 e. The molecule has 0 saturated heterocycles. The van der Waals surface area contributed by atoms with E-state index in [9.17, 15) is 19.7 Å². The van der Waals surface area contributed by atoms with E-state index in [0.29, 0.717) is 5.06 Å².